The number of β-amino-alcohol motifs (C(OH)–C–C–N with tert-alkyl or cyclic N) is 1. The van der Waals surface area contributed by atoms with Crippen LogP contribution in [0.3, 0.4) is 0 Å². The predicted octanol–water partition coefficient (Wildman–Crippen LogP) is 2.54. The fourth-order valence-corrected chi connectivity index (χ4v) is 3.18. The number of oxazole rings is 1. The normalized spacial score (nSPS) is 18.1. The van der Waals surface area contributed by atoms with Gasteiger partial charge in [0, 0.05) is 25.2 Å². The molecule has 1 N–H and O–H groups in total. The number of aliphatic hydroxyl groups is 1. The van der Waals surface area contributed by atoms with Crippen LogP contribution in [-0.2, 0) is 6.54 Å². The van der Waals surface area contributed by atoms with E-state index in [2.05, 4.69) is 9.88 Å². The molecule has 6 nitrogen and oxygen atoms in total. The van der Waals surface area contributed by atoms with Crippen molar-refractivity contribution < 1.29 is 19.0 Å². The van der Waals surface area contributed by atoms with Gasteiger partial charge in [0.05, 0.1) is 31.6 Å². The van der Waals surface area contributed by atoms with E-state index in [4.69, 9.17) is 13.9 Å². The van der Waals surface area contributed by atoms with Gasteiger partial charge in [-0.15, -0.1) is 0 Å². The van der Waals surface area contributed by atoms with Gasteiger partial charge in [0.2, 0.25) is 5.89 Å². The van der Waals surface area contributed by atoms with Crippen molar-refractivity contribution in [2.75, 3.05) is 27.3 Å². The second-order valence-corrected chi connectivity index (χ2v) is 6.17. The van der Waals surface area contributed by atoms with Gasteiger partial charge in [-0.2, -0.15) is 0 Å². The van der Waals surface area contributed by atoms with E-state index in [1.54, 1.807) is 14.2 Å². The molecule has 1 fully saturated rings. The molecule has 0 bridgehead atoms. The van der Waals surface area contributed by atoms with Crippen molar-refractivity contribution in [3.63, 3.8) is 0 Å². The Balaban J connectivity index is 1.91. The number of ether oxygens (including phenoxy) is 2. The molecule has 3 rings (SSSR count). The molecule has 0 radical (unpaired) electrons. The SMILES string of the molecule is COc1ccc(-c2nc(CN3CC[C@H](O)C3)c(C)o2)c(OC)c1C. The van der Waals surface area contributed by atoms with Crippen molar-refractivity contribution >= 4 is 0 Å². The number of aryl methyl sites for hydroxylation is 1. The smallest absolute Gasteiger partial charge is 0.230 e. The van der Waals surface area contributed by atoms with E-state index in [9.17, 15) is 5.11 Å². The quantitative estimate of drug-likeness (QED) is 0.907. The first kappa shape index (κ1) is 16.8. The molecule has 1 saturated heterocycles. The second-order valence-electron chi connectivity index (χ2n) is 6.17. The molecule has 130 valence electrons. The van der Waals surface area contributed by atoms with Crippen molar-refractivity contribution in [3.8, 4) is 23.0 Å². The first-order chi connectivity index (χ1) is 11.5. The highest BCUT2D eigenvalue weighted by Crippen LogP contribution is 2.38. The number of methoxy groups -OCH3 is 2. The maximum atomic E-state index is 9.66. The summed E-state index contributed by atoms with van der Waals surface area (Å²) in [6, 6.07) is 3.79. The van der Waals surface area contributed by atoms with Crippen LogP contribution in [0.2, 0.25) is 0 Å². The van der Waals surface area contributed by atoms with Crippen LogP contribution in [0.1, 0.15) is 23.4 Å². The molecule has 0 spiro atoms. The highest BCUT2D eigenvalue weighted by molar-refractivity contribution is 5.68. The third-order valence-electron chi connectivity index (χ3n) is 4.52. The summed E-state index contributed by atoms with van der Waals surface area (Å²) < 4.78 is 16.8. The Hall–Kier alpha value is -2.05. The van der Waals surface area contributed by atoms with Crippen molar-refractivity contribution in [2.45, 2.75) is 32.9 Å². The van der Waals surface area contributed by atoms with Gasteiger partial charge in [-0.05, 0) is 32.4 Å². The van der Waals surface area contributed by atoms with Gasteiger partial charge in [-0.1, -0.05) is 0 Å². The molecule has 0 aliphatic carbocycles. The van der Waals surface area contributed by atoms with Crippen LogP contribution in [0, 0.1) is 13.8 Å². The number of hydrogen-bond donors (Lipinski definition) is 1. The number of benzene rings is 1. The Morgan fingerprint density at radius 3 is 2.71 bits per heavy atom. The number of aromatic nitrogens is 1. The van der Waals surface area contributed by atoms with E-state index in [1.165, 1.54) is 0 Å². The molecule has 6 heteroatoms. The van der Waals surface area contributed by atoms with Crippen molar-refractivity contribution in [1.82, 2.24) is 9.88 Å². The Labute approximate surface area is 142 Å². The molecular formula is C18H24N2O4. The van der Waals surface area contributed by atoms with E-state index in [0.717, 1.165) is 41.3 Å². The first-order valence-corrected chi connectivity index (χ1v) is 8.12. The predicted molar refractivity (Wildman–Crippen MR) is 90.4 cm³/mol. The maximum Gasteiger partial charge on any atom is 0.230 e. The van der Waals surface area contributed by atoms with Crippen LogP contribution >= 0.6 is 0 Å². The van der Waals surface area contributed by atoms with Gasteiger partial charge >= 0.3 is 0 Å². The highest BCUT2D eigenvalue weighted by Gasteiger charge is 2.24. The van der Waals surface area contributed by atoms with Gasteiger partial charge < -0.3 is 19.0 Å². The zero-order valence-corrected chi connectivity index (χ0v) is 14.6. The number of rotatable bonds is 5. The summed E-state index contributed by atoms with van der Waals surface area (Å²) in [5.74, 6) is 2.82. The average molecular weight is 332 g/mol. The molecule has 2 aromatic rings. The number of hydrogen-bond acceptors (Lipinski definition) is 6. The summed E-state index contributed by atoms with van der Waals surface area (Å²) in [6.07, 6.45) is 0.580. The van der Waals surface area contributed by atoms with E-state index in [1.807, 2.05) is 26.0 Å². The van der Waals surface area contributed by atoms with Crippen molar-refractivity contribution in [2.24, 2.45) is 0 Å². The fraction of sp³-hybridized carbons (Fsp3) is 0.500. The molecule has 0 saturated carbocycles. The van der Waals surface area contributed by atoms with Crippen molar-refractivity contribution in [1.29, 1.82) is 0 Å². The lowest BCUT2D eigenvalue weighted by Gasteiger charge is -2.13. The summed E-state index contributed by atoms with van der Waals surface area (Å²) in [4.78, 5) is 6.85. The Bertz CT molecular complexity index is 726. The van der Waals surface area contributed by atoms with Gasteiger partial charge in [-0.3, -0.25) is 4.90 Å². The molecule has 0 amide bonds. The van der Waals surface area contributed by atoms with Crippen LogP contribution in [0.4, 0.5) is 0 Å². The van der Waals surface area contributed by atoms with Crippen LogP contribution < -0.4 is 9.47 Å². The second kappa shape index (κ2) is 6.83. The number of nitrogens with zero attached hydrogens (tertiary/aromatic N) is 2. The van der Waals surface area contributed by atoms with Crippen LogP contribution in [-0.4, -0.2) is 48.4 Å². The van der Waals surface area contributed by atoms with Gasteiger partial charge in [0.1, 0.15) is 17.3 Å². The van der Waals surface area contributed by atoms with E-state index in [0.29, 0.717) is 24.7 Å². The zero-order valence-electron chi connectivity index (χ0n) is 14.6. The average Bonchev–Trinajstić information content (AvgIpc) is 3.13. The zero-order chi connectivity index (χ0) is 17.3. The molecular weight excluding hydrogens is 308 g/mol. The van der Waals surface area contributed by atoms with Crippen molar-refractivity contribution in [3.05, 3.63) is 29.2 Å². The monoisotopic (exact) mass is 332 g/mol. The Morgan fingerprint density at radius 1 is 1.29 bits per heavy atom. The first-order valence-electron chi connectivity index (χ1n) is 8.12. The summed E-state index contributed by atoms with van der Waals surface area (Å²) >= 11 is 0. The molecule has 0 unspecified atom stereocenters. The standard InChI is InChI=1S/C18H24N2O4/c1-11-16(22-3)6-5-14(17(11)23-4)18-19-15(12(2)24-18)10-20-8-7-13(21)9-20/h5-6,13,21H,7-10H2,1-4H3/t13-/m0/s1. The topological polar surface area (TPSA) is 68.0 Å². The molecule has 1 aliphatic heterocycles. The Kier molecular flexibility index (Phi) is 4.78. The minimum absolute atomic E-state index is 0.235. The number of likely N-dealkylation sites (tertiary alicyclic amines) is 1. The summed E-state index contributed by atoms with van der Waals surface area (Å²) in [7, 11) is 3.27. The lowest BCUT2D eigenvalue weighted by Crippen LogP contribution is -2.22. The van der Waals surface area contributed by atoms with E-state index in [-0.39, 0.29) is 6.10 Å². The van der Waals surface area contributed by atoms with Gasteiger partial charge in [0.15, 0.2) is 0 Å². The fourth-order valence-electron chi connectivity index (χ4n) is 3.18. The number of aliphatic hydroxyl groups excluding tert-OH is 1. The minimum atomic E-state index is -0.235. The van der Waals surface area contributed by atoms with E-state index >= 15 is 0 Å². The Morgan fingerprint density at radius 2 is 2.08 bits per heavy atom. The maximum absolute atomic E-state index is 9.66. The summed E-state index contributed by atoms with van der Waals surface area (Å²) in [5, 5.41) is 9.66. The lowest BCUT2D eigenvalue weighted by atomic mass is 10.1. The highest BCUT2D eigenvalue weighted by atomic mass is 16.5. The molecule has 1 aromatic carbocycles. The largest absolute Gasteiger partial charge is 0.496 e. The minimum Gasteiger partial charge on any atom is -0.496 e. The lowest BCUT2D eigenvalue weighted by molar-refractivity contribution is 0.174. The van der Waals surface area contributed by atoms with Crippen LogP contribution in [0.5, 0.6) is 11.5 Å². The van der Waals surface area contributed by atoms with Gasteiger partial charge in [0.25, 0.3) is 0 Å². The third-order valence-corrected chi connectivity index (χ3v) is 4.52. The summed E-state index contributed by atoms with van der Waals surface area (Å²) in [5.41, 5.74) is 2.62. The molecule has 1 atom stereocenters. The molecule has 2 heterocycles. The van der Waals surface area contributed by atoms with E-state index < -0.39 is 0 Å². The van der Waals surface area contributed by atoms with Crippen LogP contribution in [0.15, 0.2) is 16.5 Å². The van der Waals surface area contributed by atoms with Crippen LogP contribution in [0.25, 0.3) is 11.5 Å². The molecule has 1 aliphatic rings. The molecule has 1 aromatic heterocycles. The third kappa shape index (κ3) is 3.12. The molecule has 24 heavy (non-hydrogen) atoms. The summed E-state index contributed by atoms with van der Waals surface area (Å²) in [6.45, 7) is 6.12. The van der Waals surface area contributed by atoms with Gasteiger partial charge in [-0.25, -0.2) is 4.98 Å².